The molecule has 7 rings (SSSR count). The van der Waals surface area contributed by atoms with E-state index in [4.69, 9.17) is 9.97 Å². The van der Waals surface area contributed by atoms with Gasteiger partial charge in [-0.25, -0.2) is 9.97 Å². The number of hydrogen-bond acceptors (Lipinski definition) is 3. The number of fused-ring (bicyclic) bond motifs is 2. The summed E-state index contributed by atoms with van der Waals surface area (Å²) in [6, 6.07) is 48.6. The molecular weight excluding hydrogens is 462 g/mol. The van der Waals surface area contributed by atoms with E-state index in [1.807, 2.05) is 36.4 Å². The number of nitrogens with zero attached hydrogens (tertiary/aromatic N) is 3. The molecule has 0 fully saturated rings. The molecule has 0 saturated carbocycles. The molecule has 0 saturated heterocycles. The summed E-state index contributed by atoms with van der Waals surface area (Å²) in [5.41, 5.74) is 11.2. The highest BCUT2D eigenvalue weighted by atomic mass is 15.2. The molecule has 0 N–H and O–H groups in total. The molecule has 3 heteroatoms. The molecule has 1 aliphatic heterocycles. The van der Waals surface area contributed by atoms with Crippen LogP contribution < -0.4 is 4.90 Å². The molecule has 0 aliphatic carbocycles. The first-order valence-electron chi connectivity index (χ1n) is 12.9. The van der Waals surface area contributed by atoms with Gasteiger partial charge >= 0.3 is 0 Å². The largest absolute Gasteiger partial charge is 0.310 e. The van der Waals surface area contributed by atoms with Crippen molar-refractivity contribution in [3.63, 3.8) is 0 Å². The molecular formula is C35H25N3. The third-order valence-corrected chi connectivity index (χ3v) is 7.09. The number of aromatic nitrogens is 2. The molecule has 0 unspecified atom stereocenters. The maximum Gasteiger partial charge on any atom is 0.160 e. The van der Waals surface area contributed by atoms with Crippen molar-refractivity contribution in [1.82, 2.24) is 9.97 Å². The topological polar surface area (TPSA) is 29.0 Å². The van der Waals surface area contributed by atoms with Crippen LogP contribution in [0.15, 0.2) is 140 Å². The van der Waals surface area contributed by atoms with Crippen LogP contribution in [0.2, 0.25) is 0 Å². The Kier molecular flexibility index (Phi) is 5.52. The molecule has 0 atom stereocenters. The quantitative estimate of drug-likeness (QED) is 0.248. The van der Waals surface area contributed by atoms with Gasteiger partial charge in [0.1, 0.15) is 0 Å². The van der Waals surface area contributed by atoms with Crippen LogP contribution >= 0.6 is 0 Å². The Morgan fingerprint density at radius 2 is 0.921 bits per heavy atom. The van der Waals surface area contributed by atoms with Crippen LogP contribution in [-0.4, -0.2) is 9.97 Å². The van der Waals surface area contributed by atoms with Gasteiger partial charge < -0.3 is 4.90 Å². The second kappa shape index (κ2) is 9.45. The van der Waals surface area contributed by atoms with E-state index in [1.165, 1.54) is 22.5 Å². The molecule has 38 heavy (non-hydrogen) atoms. The van der Waals surface area contributed by atoms with Crippen LogP contribution in [0.5, 0.6) is 0 Å². The van der Waals surface area contributed by atoms with Gasteiger partial charge in [-0.15, -0.1) is 0 Å². The summed E-state index contributed by atoms with van der Waals surface area (Å²) in [6.07, 6.45) is 0.948. The van der Waals surface area contributed by atoms with Crippen LogP contribution in [-0.2, 0) is 6.42 Å². The van der Waals surface area contributed by atoms with Gasteiger partial charge in [0.15, 0.2) is 5.82 Å². The Bertz CT molecular complexity index is 1620. The molecule has 1 aromatic heterocycles. The molecule has 180 valence electrons. The van der Waals surface area contributed by atoms with E-state index in [2.05, 4.69) is 108 Å². The van der Waals surface area contributed by atoms with Gasteiger partial charge in [0.2, 0.25) is 0 Å². The van der Waals surface area contributed by atoms with E-state index < -0.39 is 0 Å². The van der Waals surface area contributed by atoms with Crippen molar-refractivity contribution >= 4 is 17.1 Å². The maximum absolute atomic E-state index is 4.99. The highest BCUT2D eigenvalue weighted by Gasteiger charge is 2.23. The number of para-hydroxylation sites is 2. The molecule has 2 heterocycles. The predicted molar refractivity (Wildman–Crippen MR) is 156 cm³/mol. The van der Waals surface area contributed by atoms with E-state index in [9.17, 15) is 0 Å². The minimum Gasteiger partial charge on any atom is -0.310 e. The molecule has 0 spiro atoms. The zero-order valence-electron chi connectivity index (χ0n) is 20.8. The first-order valence-corrected chi connectivity index (χ1v) is 12.9. The Balaban J connectivity index is 1.32. The highest BCUT2D eigenvalue weighted by molar-refractivity contribution is 5.84. The van der Waals surface area contributed by atoms with Crippen molar-refractivity contribution < 1.29 is 0 Å². The number of hydrogen-bond donors (Lipinski definition) is 0. The summed E-state index contributed by atoms with van der Waals surface area (Å²) in [7, 11) is 0. The lowest BCUT2D eigenvalue weighted by molar-refractivity contribution is 1.09. The summed E-state index contributed by atoms with van der Waals surface area (Å²) in [4.78, 5) is 12.3. The van der Waals surface area contributed by atoms with E-state index in [1.54, 1.807) is 0 Å². The molecule has 0 bridgehead atoms. The SMILES string of the molecule is c1ccc(-c2cc(-c3ccccc3)nc(-c3ccc(N4c5ccccc5Cc5ccccc54)cc3)n2)cc1. The fourth-order valence-corrected chi connectivity index (χ4v) is 5.22. The first-order chi connectivity index (χ1) is 18.8. The fraction of sp³-hybridized carbons (Fsp3) is 0.0286. The highest BCUT2D eigenvalue weighted by Crippen LogP contribution is 2.43. The number of benzene rings is 5. The van der Waals surface area contributed by atoms with Crippen LogP contribution in [0, 0.1) is 0 Å². The van der Waals surface area contributed by atoms with Crippen molar-refractivity contribution in [1.29, 1.82) is 0 Å². The van der Waals surface area contributed by atoms with E-state index in [0.717, 1.165) is 46.0 Å². The van der Waals surface area contributed by atoms with Crippen LogP contribution in [0.4, 0.5) is 17.1 Å². The standard InChI is InChI=1S/C35H25N3/c1-3-11-25(12-4-1)31-24-32(26-13-5-2-6-14-26)37-35(36-31)27-19-21-30(22-20-27)38-33-17-9-7-15-28(33)23-29-16-8-10-18-34(29)38/h1-22,24H,23H2. The van der Waals surface area contributed by atoms with Gasteiger partial charge in [0.05, 0.1) is 11.4 Å². The maximum atomic E-state index is 4.99. The number of rotatable bonds is 4. The van der Waals surface area contributed by atoms with Crippen molar-refractivity contribution in [2.45, 2.75) is 6.42 Å². The molecule has 0 amide bonds. The lowest BCUT2D eigenvalue weighted by atomic mass is 9.95. The van der Waals surface area contributed by atoms with Crippen LogP contribution in [0.25, 0.3) is 33.9 Å². The minimum atomic E-state index is 0.719. The van der Waals surface area contributed by atoms with Crippen LogP contribution in [0.1, 0.15) is 11.1 Å². The average Bonchev–Trinajstić information content (AvgIpc) is 3.00. The Morgan fingerprint density at radius 3 is 1.45 bits per heavy atom. The lowest BCUT2D eigenvalue weighted by Crippen LogP contribution is -2.18. The van der Waals surface area contributed by atoms with Crippen molar-refractivity contribution in [3.8, 4) is 33.9 Å². The molecule has 0 radical (unpaired) electrons. The zero-order valence-corrected chi connectivity index (χ0v) is 20.8. The second-order valence-electron chi connectivity index (χ2n) is 9.51. The van der Waals surface area contributed by atoms with E-state index in [-0.39, 0.29) is 0 Å². The van der Waals surface area contributed by atoms with Gasteiger partial charge in [-0.1, -0.05) is 97.1 Å². The first kappa shape index (κ1) is 22.2. The summed E-state index contributed by atoms with van der Waals surface area (Å²) >= 11 is 0. The molecule has 6 aromatic rings. The zero-order chi connectivity index (χ0) is 25.3. The molecule has 3 nitrogen and oxygen atoms in total. The Morgan fingerprint density at radius 1 is 0.447 bits per heavy atom. The van der Waals surface area contributed by atoms with E-state index in [0.29, 0.717) is 0 Å². The fourth-order valence-electron chi connectivity index (χ4n) is 5.22. The Labute approximate surface area is 222 Å². The van der Waals surface area contributed by atoms with Crippen molar-refractivity contribution in [3.05, 3.63) is 151 Å². The van der Waals surface area contributed by atoms with Crippen molar-refractivity contribution in [2.75, 3.05) is 4.90 Å². The van der Waals surface area contributed by atoms with Crippen LogP contribution in [0.3, 0.4) is 0 Å². The van der Waals surface area contributed by atoms with Gasteiger partial charge in [0, 0.05) is 40.2 Å². The van der Waals surface area contributed by atoms with Crippen molar-refractivity contribution in [2.24, 2.45) is 0 Å². The molecule has 1 aliphatic rings. The Hall–Kier alpha value is -5.02. The van der Waals surface area contributed by atoms with E-state index >= 15 is 0 Å². The summed E-state index contributed by atoms with van der Waals surface area (Å²) in [5.74, 6) is 0.719. The second-order valence-corrected chi connectivity index (χ2v) is 9.51. The number of anilines is 3. The molecule has 5 aromatic carbocycles. The smallest absolute Gasteiger partial charge is 0.160 e. The summed E-state index contributed by atoms with van der Waals surface area (Å²) in [6.45, 7) is 0. The minimum absolute atomic E-state index is 0.719. The predicted octanol–water partition coefficient (Wildman–Crippen LogP) is 8.85. The average molecular weight is 488 g/mol. The summed E-state index contributed by atoms with van der Waals surface area (Å²) < 4.78 is 0. The van der Waals surface area contributed by atoms with Gasteiger partial charge in [-0.2, -0.15) is 0 Å². The normalized spacial score (nSPS) is 12.1. The third-order valence-electron chi connectivity index (χ3n) is 7.09. The third kappa shape index (κ3) is 4.04. The van der Waals surface area contributed by atoms with Gasteiger partial charge in [-0.3, -0.25) is 0 Å². The monoisotopic (exact) mass is 487 g/mol. The van der Waals surface area contributed by atoms with Gasteiger partial charge in [0.25, 0.3) is 0 Å². The van der Waals surface area contributed by atoms with Gasteiger partial charge in [-0.05, 0) is 53.6 Å². The lowest BCUT2D eigenvalue weighted by Gasteiger charge is -2.33. The summed E-state index contributed by atoms with van der Waals surface area (Å²) in [5, 5.41) is 0.